The first-order chi connectivity index (χ1) is 7.19. The van der Waals surface area contributed by atoms with E-state index in [4.69, 9.17) is 27.9 Å². The van der Waals surface area contributed by atoms with Gasteiger partial charge in [0.25, 0.3) is 0 Å². The summed E-state index contributed by atoms with van der Waals surface area (Å²) in [5.74, 6) is 1.28. The summed E-state index contributed by atoms with van der Waals surface area (Å²) in [6, 6.07) is 3.82. The van der Waals surface area contributed by atoms with Crippen LogP contribution in [0.5, 0.6) is 5.75 Å². The Hall–Kier alpha value is -0.400. The molecule has 1 nitrogen and oxygen atoms in total. The van der Waals surface area contributed by atoms with Crippen LogP contribution in [0.3, 0.4) is 0 Å². The first kappa shape index (κ1) is 12.7. The average Bonchev–Trinajstić information content (AvgIpc) is 2.18. The molecule has 0 bridgehead atoms. The maximum absolute atomic E-state index is 6.08. The fraction of sp³-hybridized carbons (Fsp3) is 0.500. The van der Waals surface area contributed by atoms with E-state index in [0.717, 1.165) is 36.3 Å². The standard InChI is InChI=1S/C12H16Cl2O/c1-3-4-5-15-10-6-9(2)11(8-13)12(14)7-10/h6-7H,3-5,8H2,1-2H3. The molecule has 0 fully saturated rings. The lowest BCUT2D eigenvalue weighted by Crippen LogP contribution is -1.98. The molecule has 15 heavy (non-hydrogen) atoms. The van der Waals surface area contributed by atoms with Gasteiger partial charge in [-0.1, -0.05) is 24.9 Å². The number of benzene rings is 1. The predicted octanol–water partition coefficient (Wildman–Crippen LogP) is 4.57. The second-order valence-electron chi connectivity index (χ2n) is 3.54. The Bertz CT molecular complexity index is 300. The van der Waals surface area contributed by atoms with Gasteiger partial charge in [0, 0.05) is 10.9 Å². The second-order valence-corrected chi connectivity index (χ2v) is 4.21. The van der Waals surface area contributed by atoms with Crippen LogP contribution in [0.4, 0.5) is 0 Å². The van der Waals surface area contributed by atoms with E-state index in [1.807, 2.05) is 19.1 Å². The Kier molecular flexibility index (Phi) is 5.27. The van der Waals surface area contributed by atoms with Gasteiger partial charge in [0.05, 0.1) is 6.61 Å². The number of hydrogen-bond acceptors (Lipinski definition) is 1. The molecule has 0 radical (unpaired) electrons. The van der Waals surface area contributed by atoms with E-state index in [2.05, 4.69) is 6.92 Å². The first-order valence-corrected chi connectivity index (χ1v) is 6.08. The lowest BCUT2D eigenvalue weighted by Gasteiger charge is -2.10. The minimum atomic E-state index is 0.444. The fourth-order valence-electron chi connectivity index (χ4n) is 1.33. The molecule has 0 aliphatic heterocycles. The van der Waals surface area contributed by atoms with Gasteiger partial charge < -0.3 is 4.74 Å². The summed E-state index contributed by atoms with van der Waals surface area (Å²) < 4.78 is 5.58. The molecule has 0 saturated heterocycles. The molecular formula is C12H16Cl2O. The topological polar surface area (TPSA) is 9.23 Å². The number of unbranched alkanes of at least 4 members (excludes halogenated alkanes) is 1. The normalized spacial score (nSPS) is 10.4. The van der Waals surface area contributed by atoms with Crippen molar-refractivity contribution >= 4 is 23.2 Å². The van der Waals surface area contributed by atoms with Crippen molar-refractivity contribution in [2.45, 2.75) is 32.6 Å². The van der Waals surface area contributed by atoms with Crippen molar-refractivity contribution < 1.29 is 4.74 Å². The van der Waals surface area contributed by atoms with E-state index in [0.29, 0.717) is 10.9 Å². The molecule has 0 unspecified atom stereocenters. The van der Waals surface area contributed by atoms with Gasteiger partial charge in [-0.05, 0) is 36.6 Å². The second kappa shape index (κ2) is 6.24. The minimum absolute atomic E-state index is 0.444. The van der Waals surface area contributed by atoms with E-state index in [-0.39, 0.29) is 0 Å². The number of rotatable bonds is 5. The first-order valence-electron chi connectivity index (χ1n) is 5.16. The molecule has 0 heterocycles. The van der Waals surface area contributed by atoms with Crippen LogP contribution >= 0.6 is 23.2 Å². The summed E-state index contributed by atoms with van der Waals surface area (Å²) in [4.78, 5) is 0. The number of aryl methyl sites for hydroxylation is 1. The molecule has 84 valence electrons. The number of hydrogen-bond donors (Lipinski definition) is 0. The monoisotopic (exact) mass is 246 g/mol. The Morgan fingerprint density at radius 2 is 2.07 bits per heavy atom. The third-order valence-corrected chi connectivity index (χ3v) is 2.90. The van der Waals surface area contributed by atoms with Gasteiger partial charge >= 0.3 is 0 Å². The molecule has 0 aliphatic rings. The summed E-state index contributed by atoms with van der Waals surface area (Å²) in [7, 11) is 0. The highest BCUT2D eigenvalue weighted by Gasteiger charge is 2.06. The molecule has 0 amide bonds. The molecule has 1 aromatic carbocycles. The predicted molar refractivity (Wildman–Crippen MR) is 66.1 cm³/mol. The van der Waals surface area contributed by atoms with Crippen molar-refractivity contribution in [1.82, 2.24) is 0 Å². The lowest BCUT2D eigenvalue weighted by atomic mass is 10.1. The van der Waals surface area contributed by atoms with Gasteiger partial charge in [-0.15, -0.1) is 11.6 Å². The van der Waals surface area contributed by atoms with Crippen molar-refractivity contribution in [1.29, 1.82) is 0 Å². The van der Waals surface area contributed by atoms with Crippen LogP contribution in [-0.4, -0.2) is 6.61 Å². The molecule has 0 aliphatic carbocycles. The van der Waals surface area contributed by atoms with Crippen LogP contribution in [0.2, 0.25) is 5.02 Å². The highest BCUT2D eigenvalue weighted by Crippen LogP contribution is 2.27. The zero-order chi connectivity index (χ0) is 11.3. The van der Waals surface area contributed by atoms with Crippen LogP contribution in [0, 0.1) is 6.92 Å². The van der Waals surface area contributed by atoms with Gasteiger partial charge in [0.15, 0.2) is 0 Å². The fourth-order valence-corrected chi connectivity index (χ4v) is 2.08. The smallest absolute Gasteiger partial charge is 0.121 e. The van der Waals surface area contributed by atoms with Crippen molar-refractivity contribution in [2.24, 2.45) is 0 Å². The molecule has 0 aromatic heterocycles. The van der Waals surface area contributed by atoms with Crippen LogP contribution in [0.1, 0.15) is 30.9 Å². The van der Waals surface area contributed by atoms with E-state index in [1.165, 1.54) is 0 Å². The van der Waals surface area contributed by atoms with Gasteiger partial charge in [-0.2, -0.15) is 0 Å². The maximum Gasteiger partial charge on any atom is 0.121 e. The molecule has 0 saturated carbocycles. The third kappa shape index (κ3) is 3.58. The van der Waals surface area contributed by atoms with Crippen LogP contribution in [0.25, 0.3) is 0 Å². The van der Waals surface area contributed by atoms with Crippen molar-refractivity contribution in [2.75, 3.05) is 6.61 Å². The SMILES string of the molecule is CCCCOc1cc(C)c(CCl)c(Cl)c1. The van der Waals surface area contributed by atoms with Gasteiger partial charge in [0.1, 0.15) is 5.75 Å². The summed E-state index contributed by atoms with van der Waals surface area (Å²) >= 11 is 11.9. The Morgan fingerprint density at radius 1 is 1.33 bits per heavy atom. The lowest BCUT2D eigenvalue weighted by molar-refractivity contribution is 0.309. The summed E-state index contributed by atoms with van der Waals surface area (Å²) in [5, 5.41) is 0.691. The molecule has 1 rings (SSSR count). The van der Waals surface area contributed by atoms with E-state index >= 15 is 0 Å². The van der Waals surface area contributed by atoms with Crippen LogP contribution < -0.4 is 4.74 Å². The van der Waals surface area contributed by atoms with Gasteiger partial charge in [-0.25, -0.2) is 0 Å². The van der Waals surface area contributed by atoms with Gasteiger partial charge in [0.2, 0.25) is 0 Å². The average molecular weight is 247 g/mol. The molecule has 0 atom stereocenters. The Balaban J connectivity index is 2.75. The molecule has 3 heteroatoms. The third-order valence-electron chi connectivity index (χ3n) is 2.29. The highest BCUT2D eigenvalue weighted by atomic mass is 35.5. The summed E-state index contributed by atoms with van der Waals surface area (Å²) in [6.45, 7) is 4.88. The molecule has 1 aromatic rings. The van der Waals surface area contributed by atoms with Gasteiger partial charge in [-0.3, -0.25) is 0 Å². The zero-order valence-corrected chi connectivity index (χ0v) is 10.7. The zero-order valence-electron chi connectivity index (χ0n) is 9.15. The highest BCUT2D eigenvalue weighted by molar-refractivity contribution is 6.32. The van der Waals surface area contributed by atoms with E-state index in [1.54, 1.807) is 0 Å². The molecule has 0 spiro atoms. The summed E-state index contributed by atoms with van der Waals surface area (Å²) in [6.07, 6.45) is 2.19. The molecular weight excluding hydrogens is 231 g/mol. The van der Waals surface area contributed by atoms with E-state index < -0.39 is 0 Å². The van der Waals surface area contributed by atoms with E-state index in [9.17, 15) is 0 Å². The van der Waals surface area contributed by atoms with Crippen molar-refractivity contribution in [3.8, 4) is 5.75 Å². The number of halogens is 2. The van der Waals surface area contributed by atoms with Crippen LogP contribution in [0.15, 0.2) is 12.1 Å². The Labute approximate surface area is 101 Å². The van der Waals surface area contributed by atoms with Crippen molar-refractivity contribution in [3.63, 3.8) is 0 Å². The van der Waals surface area contributed by atoms with Crippen molar-refractivity contribution in [3.05, 3.63) is 28.3 Å². The quantitative estimate of drug-likeness (QED) is 0.547. The molecule has 0 N–H and O–H groups in total. The summed E-state index contributed by atoms with van der Waals surface area (Å²) in [5.41, 5.74) is 2.07. The number of alkyl halides is 1. The largest absolute Gasteiger partial charge is 0.494 e. The number of ether oxygens (including phenoxy) is 1. The minimum Gasteiger partial charge on any atom is -0.494 e. The Morgan fingerprint density at radius 3 is 2.60 bits per heavy atom. The maximum atomic E-state index is 6.08. The van der Waals surface area contributed by atoms with Crippen LogP contribution in [-0.2, 0) is 5.88 Å².